The summed E-state index contributed by atoms with van der Waals surface area (Å²) in [6.45, 7) is 2.14. The van der Waals surface area contributed by atoms with Gasteiger partial charge in [0.25, 0.3) is 5.91 Å². The second-order valence-electron chi connectivity index (χ2n) is 7.47. The van der Waals surface area contributed by atoms with Crippen molar-refractivity contribution in [1.29, 1.82) is 0 Å². The molecule has 32 heavy (non-hydrogen) atoms. The summed E-state index contributed by atoms with van der Waals surface area (Å²) in [6.07, 6.45) is 0.706. The SMILES string of the molecule is Cc1ccc(-c2oc3ccc(Cl)cc3c(=O)c2OCC(=O)NCCc2ccccc2)cc1. The number of halogens is 1. The number of nitrogens with one attached hydrogen (secondary N) is 1. The molecule has 1 N–H and O–H groups in total. The molecule has 5 nitrogen and oxygen atoms in total. The molecule has 0 saturated heterocycles. The highest BCUT2D eigenvalue weighted by molar-refractivity contribution is 6.31. The van der Waals surface area contributed by atoms with Gasteiger partial charge < -0.3 is 14.5 Å². The van der Waals surface area contributed by atoms with Crippen LogP contribution in [0.4, 0.5) is 0 Å². The fraction of sp³-hybridized carbons (Fsp3) is 0.154. The lowest BCUT2D eigenvalue weighted by molar-refractivity contribution is -0.123. The highest BCUT2D eigenvalue weighted by Gasteiger charge is 2.19. The summed E-state index contributed by atoms with van der Waals surface area (Å²) >= 11 is 6.07. The Bertz CT molecular complexity index is 1300. The van der Waals surface area contributed by atoms with Crippen molar-refractivity contribution in [3.8, 4) is 17.1 Å². The molecule has 0 fully saturated rings. The molecule has 0 unspecified atom stereocenters. The van der Waals surface area contributed by atoms with Gasteiger partial charge in [0.2, 0.25) is 11.2 Å². The second-order valence-corrected chi connectivity index (χ2v) is 7.91. The third-order valence-electron chi connectivity index (χ3n) is 5.05. The molecule has 1 aromatic heterocycles. The van der Waals surface area contributed by atoms with Gasteiger partial charge in [-0.2, -0.15) is 0 Å². The van der Waals surface area contributed by atoms with Crippen LogP contribution in [0.5, 0.6) is 5.75 Å². The van der Waals surface area contributed by atoms with E-state index in [0.717, 1.165) is 11.1 Å². The summed E-state index contributed by atoms with van der Waals surface area (Å²) in [5.74, 6) is -0.0508. The average Bonchev–Trinajstić information content (AvgIpc) is 2.80. The predicted molar refractivity (Wildman–Crippen MR) is 126 cm³/mol. The van der Waals surface area contributed by atoms with Crippen LogP contribution in [0.1, 0.15) is 11.1 Å². The molecular weight excluding hydrogens is 426 g/mol. The summed E-state index contributed by atoms with van der Waals surface area (Å²) in [5.41, 5.74) is 2.91. The summed E-state index contributed by atoms with van der Waals surface area (Å²) in [5, 5.41) is 3.53. The van der Waals surface area contributed by atoms with E-state index in [9.17, 15) is 9.59 Å². The maximum absolute atomic E-state index is 13.2. The molecule has 6 heteroatoms. The van der Waals surface area contributed by atoms with Crippen molar-refractivity contribution in [3.63, 3.8) is 0 Å². The lowest BCUT2D eigenvalue weighted by Gasteiger charge is -2.12. The molecule has 0 atom stereocenters. The van der Waals surface area contributed by atoms with Crippen LogP contribution in [-0.4, -0.2) is 19.1 Å². The number of aryl methyl sites for hydroxylation is 1. The predicted octanol–water partition coefficient (Wildman–Crippen LogP) is 5.16. The van der Waals surface area contributed by atoms with Crippen molar-refractivity contribution in [1.82, 2.24) is 5.32 Å². The van der Waals surface area contributed by atoms with Crippen molar-refractivity contribution < 1.29 is 13.9 Å². The van der Waals surface area contributed by atoms with E-state index in [2.05, 4.69) is 5.32 Å². The van der Waals surface area contributed by atoms with Crippen molar-refractivity contribution in [2.75, 3.05) is 13.2 Å². The lowest BCUT2D eigenvalue weighted by atomic mass is 10.1. The third-order valence-corrected chi connectivity index (χ3v) is 5.29. The van der Waals surface area contributed by atoms with Crippen LogP contribution < -0.4 is 15.5 Å². The summed E-state index contributed by atoms with van der Waals surface area (Å²) in [6, 6.07) is 22.2. The third kappa shape index (κ3) is 5.01. The Morgan fingerprint density at radius 2 is 1.78 bits per heavy atom. The van der Waals surface area contributed by atoms with E-state index in [-0.39, 0.29) is 29.5 Å². The van der Waals surface area contributed by atoms with Crippen LogP contribution in [0.2, 0.25) is 5.02 Å². The van der Waals surface area contributed by atoms with Crippen molar-refractivity contribution in [2.45, 2.75) is 13.3 Å². The Hall–Kier alpha value is -3.57. The molecule has 0 aliphatic carbocycles. The number of fused-ring (bicyclic) bond motifs is 1. The van der Waals surface area contributed by atoms with Gasteiger partial charge in [-0.25, -0.2) is 0 Å². The standard InChI is InChI=1S/C26H22ClNO4/c1-17-7-9-19(10-8-17)25-26(24(30)21-15-20(27)11-12-22(21)32-25)31-16-23(29)28-14-13-18-5-3-2-4-6-18/h2-12,15H,13-14,16H2,1H3,(H,28,29). The van der Waals surface area contributed by atoms with E-state index in [1.54, 1.807) is 12.1 Å². The van der Waals surface area contributed by atoms with Crippen LogP contribution >= 0.6 is 11.6 Å². The Kier molecular flexibility index (Phi) is 6.57. The largest absolute Gasteiger partial charge is 0.476 e. The minimum atomic E-state index is -0.374. The Balaban J connectivity index is 1.56. The zero-order valence-corrected chi connectivity index (χ0v) is 18.3. The van der Waals surface area contributed by atoms with Crippen molar-refractivity contribution >= 4 is 28.5 Å². The van der Waals surface area contributed by atoms with Gasteiger partial charge in [-0.3, -0.25) is 9.59 Å². The van der Waals surface area contributed by atoms with E-state index in [4.69, 9.17) is 20.8 Å². The highest BCUT2D eigenvalue weighted by Crippen LogP contribution is 2.31. The quantitative estimate of drug-likeness (QED) is 0.425. The first-order valence-electron chi connectivity index (χ1n) is 10.3. The smallest absolute Gasteiger partial charge is 0.257 e. The number of rotatable bonds is 7. The van der Waals surface area contributed by atoms with Crippen LogP contribution in [0.3, 0.4) is 0 Å². The van der Waals surface area contributed by atoms with Crippen LogP contribution in [-0.2, 0) is 11.2 Å². The number of hydrogen-bond donors (Lipinski definition) is 1. The Morgan fingerprint density at radius 3 is 2.53 bits per heavy atom. The molecule has 0 spiro atoms. The van der Waals surface area contributed by atoms with Crippen molar-refractivity contribution in [2.24, 2.45) is 0 Å². The molecule has 0 aliphatic rings. The number of benzene rings is 3. The molecule has 0 saturated carbocycles. The molecule has 1 amide bonds. The summed E-state index contributed by atoms with van der Waals surface area (Å²) < 4.78 is 11.7. The van der Waals surface area contributed by atoms with Gasteiger partial charge in [0.15, 0.2) is 12.4 Å². The van der Waals surface area contributed by atoms with E-state index in [1.807, 2.05) is 61.5 Å². The van der Waals surface area contributed by atoms with Gasteiger partial charge in [0.05, 0.1) is 5.39 Å². The van der Waals surface area contributed by atoms with E-state index < -0.39 is 0 Å². The van der Waals surface area contributed by atoms with Gasteiger partial charge in [0.1, 0.15) is 5.58 Å². The number of carbonyl (C=O) groups excluding carboxylic acids is 1. The molecular formula is C26H22ClNO4. The molecule has 0 aliphatic heterocycles. The van der Waals surface area contributed by atoms with Crippen LogP contribution in [0, 0.1) is 6.92 Å². The van der Waals surface area contributed by atoms with E-state index >= 15 is 0 Å². The average molecular weight is 448 g/mol. The molecule has 1 heterocycles. The molecule has 0 radical (unpaired) electrons. The first kappa shape index (κ1) is 21.7. The summed E-state index contributed by atoms with van der Waals surface area (Å²) in [7, 11) is 0. The van der Waals surface area contributed by atoms with Crippen LogP contribution in [0.25, 0.3) is 22.3 Å². The summed E-state index contributed by atoms with van der Waals surface area (Å²) in [4.78, 5) is 25.5. The zero-order chi connectivity index (χ0) is 22.5. The molecule has 0 bridgehead atoms. The normalized spacial score (nSPS) is 10.8. The lowest BCUT2D eigenvalue weighted by Crippen LogP contribution is -2.31. The number of amides is 1. The van der Waals surface area contributed by atoms with Gasteiger partial charge in [0, 0.05) is 17.1 Å². The molecule has 4 aromatic rings. The number of carbonyl (C=O) groups is 1. The zero-order valence-electron chi connectivity index (χ0n) is 17.6. The molecule has 162 valence electrons. The van der Waals surface area contributed by atoms with E-state index in [0.29, 0.717) is 34.5 Å². The fourth-order valence-corrected chi connectivity index (χ4v) is 3.53. The van der Waals surface area contributed by atoms with Gasteiger partial charge >= 0.3 is 0 Å². The highest BCUT2D eigenvalue weighted by atomic mass is 35.5. The maximum Gasteiger partial charge on any atom is 0.257 e. The van der Waals surface area contributed by atoms with Gasteiger partial charge in [-0.1, -0.05) is 71.8 Å². The number of hydrogen-bond acceptors (Lipinski definition) is 4. The minimum Gasteiger partial charge on any atom is -0.476 e. The van der Waals surface area contributed by atoms with Gasteiger partial charge in [-0.15, -0.1) is 0 Å². The topological polar surface area (TPSA) is 68.5 Å². The maximum atomic E-state index is 13.2. The van der Waals surface area contributed by atoms with E-state index in [1.165, 1.54) is 6.07 Å². The molecule has 4 rings (SSSR count). The second kappa shape index (κ2) is 9.71. The first-order chi connectivity index (χ1) is 15.5. The van der Waals surface area contributed by atoms with Gasteiger partial charge in [-0.05, 0) is 37.1 Å². The van der Waals surface area contributed by atoms with Crippen molar-refractivity contribution in [3.05, 3.63) is 99.2 Å². The Labute approximate surface area is 190 Å². The first-order valence-corrected chi connectivity index (χ1v) is 10.7. The number of ether oxygens (including phenoxy) is 1. The minimum absolute atomic E-state index is 0.0122. The monoisotopic (exact) mass is 447 g/mol. The molecule has 3 aromatic carbocycles. The van der Waals surface area contributed by atoms with Crippen LogP contribution in [0.15, 0.2) is 82.0 Å². The Morgan fingerprint density at radius 1 is 1.03 bits per heavy atom. The fourth-order valence-electron chi connectivity index (χ4n) is 3.36.